The summed E-state index contributed by atoms with van der Waals surface area (Å²) in [6.45, 7) is 1.07. The number of nitrogens with one attached hydrogen (secondary N) is 1. The van der Waals surface area contributed by atoms with Crippen LogP contribution in [0, 0.1) is 0 Å². The molecule has 166 valence electrons. The molecule has 0 unspecified atom stereocenters. The average Bonchev–Trinajstić information content (AvgIpc) is 3.03. The van der Waals surface area contributed by atoms with Gasteiger partial charge < -0.3 is 15.1 Å². The van der Waals surface area contributed by atoms with Crippen LogP contribution in [0.15, 0.2) is 18.2 Å². The summed E-state index contributed by atoms with van der Waals surface area (Å²) in [5, 5.41) is 2.96. The minimum atomic E-state index is -0.272. The van der Waals surface area contributed by atoms with Crippen molar-refractivity contribution >= 4 is 23.8 Å². The van der Waals surface area contributed by atoms with Crippen molar-refractivity contribution in [3.8, 4) is 0 Å². The molecule has 2 fully saturated rings. The SMILES string of the molecule is CN(C)C(=O)NC1CCN(C(=O)c2ccc3c(c2)C(=O)N(C2CCCCC2)C3=O)CC1. The van der Waals surface area contributed by atoms with Gasteiger partial charge in [-0.1, -0.05) is 19.3 Å². The number of nitrogens with zero attached hydrogens (tertiary/aromatic N) is 3. The number of urea groups is 1. The first-order valence-electron chi connectivity index (χ1n) is 11.2. The van der Waals surface area contributed by atoms with E-state index in [1.165, 1.54) is 9.80 Å². The van der Waals surface area contributed by atoms with Crippen molar-refractivity contribution in [2.24, 2.45) is 0 Å². The summed E-state index contributed by atoms with van der Waals surface area (Å²) in [5.41, 5.74) is 1.17. The number of rotatable bonds is 3. The first kappa shape index (κ1) is 21.3. The van der Waals surface area contributed by atoms with E-state index in [9.17, 15) is 19.2 Å². The van der Waals surface area contributed by atoms with E-state index in [1.54, 1.807) is 37.2 Å². The number of amides is 5. The molecule has 4 rings (SSSR count). The minimum Gasteiger partial charge on any atom is -0.338 e. The van der Waals surface area contributed by atoms with Gasteiger partial charge in [-0.2, -0.15) is 0 Å². The van der Waals surface area contributed by atoms with E-state index in [0.29, 0.717) is 42.6 Å². The molecule has 31 heavy (non-hydrogen) atoms. The number of benzene rings is 1. The Morgan fingerprint density at radius 3 is 2.23 bits per heavy atom. The van der Waals surface area contributed by atoms with Crippen LogP contribution in [0.1, 0.15) is 76.0 Å². The Kier molecular flexibility index (Phi) is 5.98. The van der Waals surface area contributed by atoms with Crippen molar-refractivity contribution in [1.29, 1.82) is 0 Å². The Balaban J connectivity index is 1.43. The van der Waals surface area contributed by atoms with Crippen molar-refractivity contribution in [3.63, 3.8) is 0 Å². The molecule has 3 aliphatic rings. The maximum absolute atomic E-state index is 13.0. The fraction of sp³-hybridized carbons (Fsp3) is 0.565. The molecule has 0 spiro atoms. The molecule has 1 saturated heterocycles. The Bertz CT molecular complexity index is 899. The highest BCUT2D eigenvalue weighted by Crippen LogP contribution is 2.31. The molecule has 1 aliphatic carbocycles. The van der Waals surface area contributed by atoms with Crippen LogP contribution in [-0.4, -0.2) is 77.7 Å². The second kappa shape index (κ2) is 8.69. The fourth-order valence-electron chi connectivity index (χ4n) is 4.78. The van der Waals surface area contributed by atoms with Gasteiger partial charge in [-0.25, -0.2) is 4.79 Å². The fourth-order valence-corrected chi connectivity index (χ4v) is 4.78. The third-order valence-electron chi connectivity index (χ3n) is 6.62. The topological polar surface area (TPSA) is 90.0 Å². The lowest BCUT2D eigenvalue weighted by molar-refractivity contribution is 0.0548. The summed E-state index contributed by atoms with van der Waals surface area (Å²) in [7, 11) is 3.40. The quantitative estimate of drug-likeness (QED) is 0.752. The average molecular weight is 427 g/mol. The molecule has 1 N–H and O–H groups in total. The van der Waals surface area contributed by atoms with Crippen molar-refractivity contribution in [1.82, 2.24) is 20.0 Å². The Hall–Kier alpha value is -2.90. The van der Waals surface area contributed by atoms with E-state index in [1.807, 2.05) is 0 Å². The number of likely N-dealkylation sites (tertiary alicyclic amines) is 1. The molecule has 0 atom stereocenters. The third-order valence-corrected chi connectivity index (χ3v) is 6.62. The molecule has 1 aromatic carbocycles. The van der Waals surface area contributed by atoms with Gasteiger partial charge in [-0.3, -0.25) is 19.3 Å². The number of piperidine rings is 1. The second-order valence-electron chi connectivity index (χ2n) is 8.94. The number of imide groups is 1. The lowest BCUT2D eigenvalue weighted by atomic mass is 9.94. The van der Waals surface area contributed by atoms with E-state index < -0.39 is 0 Å². The van der Waals surface area contributed by atoms with Crippen LogP contribution >= 0.6 is 0 Å². The largest absolute Gasteiger partial charge is 0.338 e. The monoisotopic (exact) mass is 426 g/mol. The maximum Gasteiger partial charge on any atom is 0.317 e. The highest BCUT2D eigenvalue weighted by molar-refractivity contribution is 6.22. The van der Waals surface area contributed by atoms with Gasteiger partial charge in [-0.15, -0.1) is 0 Å². The van der Waals surface area contributed by atoms with Crippen molar-refractivity contribution < 1.29 is 19.2 Å². The van der Waals surface area contributed by atoms with E-state index in [0.717, 1.165) is 32.1 Å². The molecular weight excluding hydrogens is 396 g/mol. The molecule has 1 aromatic rings. The zero-order valence-corrected chi connectivity index (χ0v) is 18.2. The van der Waals surface area contributed by atoms with Gasteiger partial charge in [0, 0.05) is 44.8 Å². The highest BCUT2D eigenvalue weighted by atomic mass is 16.2. The lowest BCUT2D eigenvalue weighted by Gasteiger charge is -2.33. The van der Waals surface area contributed by atoms with Crippen LogP contribution in [0.5, 0.6) is 0 Å². The third kappa shape index (κ3) is 4.16. The van der Waals surface area contributed by atoms with Crippen LogP contribution in [-0.2, 0) is 0 Å². The zero-order valence-electron chi connectivity index (χ0n) is 18.2. The van der Waals surface area contributed by atoms with Crippen molar-refractivity contribution in [3.05, 3.63) is 34.9 Å². The van der Waals surface area contributed by atoms with E-state index >= 15 is 0 Å². The normalized spacial score (nSPS) is 20.1. The smallest absolute Gasteiger partial charge is 0.317 e. The van der Waals surface area contributed by atoms with E-state index in [2.05, 4.69) is 5.32 Å². The van der Waals surface area contributed by atoms with Gasteiger partial charge in [0.2, 0.25) is 0 Å². The first-order chi connectivity index (χ1) is 14.9. The molecule has 8 heteroatoms. The number of hydrogen-bond acceptors (Lipinski definition) is 4. The predicted molar refractivity (Wildman–Crippen MR) is 115 cm³/mol. The summed E-state index contributed by atoms with van der Waals surface area (Å²) in [6.07, 6.45) is 6.30. The number of carbonyl (C=O) groups excluding carboxylic acids is 4. The second-order valence-corrected chi connectivity index (χ2v) is 8.94. The Morgan fingerprint density at radius 1 is 0.935 bits per heavy atom. The van der Waals surface area contributed by atoms with Gasteiger partial charge in [-0.05, 0) is 43.9 Å². The van der Waals surface area contributed by atoms with Crippen molar-refractivity contribution in [2.75, 3.05) is 27.2 Å². The maximum atomic E-state index is 13.0. The first-order valence-corrected chi connectivity index (χ1v) is 11.2. The standard InChI is InChI=1S/C23H30N4O4/c1-25(2)23(31)24-16-10-12-26(13-11-16)20(28)15-8-9-18-19(14-15)22(30)27(21(18)29)17-6-4-3-5-7-17/h8-9,14,16-17H,3-7,10-13H2,1-2H3,(H,24,31). The van der Waals surface area contributed by atoms with Gasteiger partial charge in [0.15, 0.2) is 0 Å². The lowest BCUT2D eigenvalue weighted by Crippen LogP contribution is -2.48. The Labute approximate surface area is 182 Å². The zero-order chi connectivity index (χ0) is 22.1. The summed E-state index contributed by atoms with van der Waals surface area (Å²) in [5.74, 6) is -0.647. The molecule has 1 saturated carbocycles. The summed E-state index contributed by atoms with van der Waals surface area (Å²) >= 11 is 0. The van der Waals surface area contributed by atoms with Gasteiger partial charge in [0.05, 0.1) is 11.1 Å². The predicted octanol–water partition coefficient (Wildman–Crippen LogP) is 2.49. The van der Waals surface area contributed by atoms with Crippen molar-refractivity contribution in [2.45, 2.75) is 57.0 Å². The van der Waals surface area contributed by atoms with E-state index in [4.69, 9.17) is 0 Å². The van der Waals surface area contributed by atoms with E-state index in [-0.39, 0.29) is 35.8 Å². The van der Waals surface area contributed by atoms with Crippen LogP contribution in [0.25, 0.3) is 0 Å². The van der Waals surface area contributed by atoms with Gasteiger partial charge in [0.25, 0.3) is 17.7 Å². The Morgan fingerprint density at radius 2 is 1.58 bits per heavy atom. The number of carbonyl (C=O) groups is 4. The molecule has 0 bridgehead atoms. The number of fused-ring (bicyclic) bond motifs is 1. The summed E-state index contributed by atoms with van der Waals surface area (Å²) < 4.78 is 0. The van der Waals surface area contributed by atoms with Crippen LogP contribution in [0.4, 0.5) is 4.79 Å². The molecule has 2 aliphatic heterocycles. The molecule has 5 amide bonds. The molecule has 0 radical (unpaired) electrons. The molecular formula is C23H30N4O4. The van der Waals surface area contributed by atoms with Crippen LogP contribution in [0.3, 0.4) is 0 Å². The van der Waals surface area contributed by atoms with Gasteiger partial charge in [0.1, 0.15) is 0 Å². The molecule has 2 heterocycles. The summed E-state index contributed by atoms with van der Waals surface area (Å²) in [6, 6.07) is 4.74. The minimum absolute atomic E-state index is 0.0308. The van der Waals surface area contributed by atoms with Crippen LogP contribution < -0.4 is 5.32 Å². The summed E-state index contributed by atoms with van der Waals surface area (Å²) in [4.78, 5) is 55.3. The molecule has 0 aromatic heterocycles. The number of hydrogen-bond donors (Lipinski definition) is 1. The van der Waals surface area contributed by atoms with Crippen LogP contribution in [0.2, 0.25) is 0 Å². The highest BCUT2D eigenvalue weighted by Gasteiger charge is 2.40. The molecule has 8 nitrogen and oxygen atoms in total. The van der Waals surface area contributed by atoms with Gasteiger partial charge >= 0.3 is 6.03 Å².